The third-order valence-corrected chi connectivity index (χ3v) is 6.68. The first-order valence-electron chi connectivity index (χ1n) is 10.3. The smallest absolute Gasteiger partial charge is 0.410 e. The summed E-state index contributed by atoms with van der Waals surface area (Å²) in [5.41, 5.74) is 2.87. The standard InChI is InChI=1S/C22H31ClN2O2/c1-21(2,3)27-20(26)25-10-7-15(8-11-25)14-24-19-13-22(19)9-6-16-4-5-17(23)12-18(16)22/h4-5,12,15,19,24H,6-11,13-14H2,1-3H3. The summed E-state index contributed by atoms with van der Waals surface area (Å²) in [5.74, 6) is 0.640. The molecule has 1 spiro atoms. The highest BCUT2D eigenvalue weighted by molar-refractivity contribution is 6.30. The Bertz CT molecular complexity index is 722. The van der Waals surface area contributed by atoms with Gasteiger partial charge in [0.25, 0.3) is 0 Å². The lowest BCUT2D eigenvalue weighted by Crippen LogP contribution is -2.43. The topological polar surface area (TPSA) is 41.6 Å². The summed E-state index contributed by atoms with van der Waals surface area (Å²) >= 11 is 6.24. The van der Waals surface area contributed by atoms with Crippen molar-refractivity contribution in [3.8, 4) is 0 Å². The van der Waals surface area contributed by atoms with Crippen LogP contribution in [0.3, 0.4) is 0 Å². The Hall–Kier alpha value is -1.26. The van der Waals surface area contributed by atoms with Crippen LogP contribution < -0.4 is 5.32 Å². The molecule has 1 aromatic rings. The van der Waals surface area contributed by atoms with Gasteiger partial charge in [-0.15, -0.1) is 0 Å². The molecule has 27 heavy (non-hydrogen) atoms. The Morgan fingerprint density at radius 3 is 2.78 bits per heavy atom. The van der Waals surface area contributed by atoms with Gasteiger partial charge in [-0.05, 0) is 88.6 Å². The van der Waals surface area contributed by atoms with Crippen LogP contribution in [-0.2, 0) is 16.6 Å². The normalized spacial score (nSPS) is 27.7. The number of fused-ring (bicyclic) bond motifs is 2. The highest BCUT2D eigenvalue weighted by Crippen LogP contribution is 2.57. The number of rotatable bonds is 3. The number of halogens is 1. The predicted molar refractivity (Wildman–Crippen MR) is 108 cm³/mol. The van der Waals surface area contributed by atoms with E-state index >= 15 is 0 Å². The quantitative estimate of drug-likeness (QED) is 0.824. The van der Waals surface area contributed by atoms with Gasteiger partial charge in [-0.1, -0.05) is 17.7 Å². The number of carbonyl (C=O) groups excluding carboxylic acids is 1. The average molecular weight is 391 g/mol. The van der Waals surface area contributed by atoms with Crippen LogP contribution in [-0.4, -0.2) is 42.3 Å². The first-order chi connectivity index (χ1) is 12.8. The first kappa shape index (κ1) is 19.1. The molecule has 0 aromatic heterocycles. The minimum absolute atomic E-state index is 0.172. The maximum Gasteiger partial charge on any atom is 0.410 e. The molecule has 0 radical (unpaired) electrons. The van der Waals surface area contributed by atoms with Crippen molar-refractivity contribution in [3.63, 3.8) is 0 Å². The molecule has 1 aromatic carbocycles. The number of nitrogens with zero attached hydrogens (tertiary/aromatic N) is 1. The van der Waals surface area contributed by atoms with Crippen LogP contribution in [0.2, 0.25) is 5.02 Å². The van der Waals surface area contributed by atoms with Crippen molar-refractivity contribution in [2.45, 2.75) is 69.9 Å². The van der Waals surface area contributed by atoms with Crippen molar-refractivity contribution in [3.05, 3.63) is 34.3 Å². The predicted octanol–water partition coefficient (Wildman–Crippen LogP) is 4.53. The summed E-state index contributed by atoms with van der Waals surface area (Å²) in [6, 6.07) is 6.99. The first-order valence-corrected chi connectivity index (χ1v) is 10.6. The highest BCUT2D eigenvalue weighted by Gasteiger charge is 2.57. The number of aryl methyl sites for hydroxylation is 1. The van der Waals surface area contributed by atoms with E-state index in [1.54, 1.807) is 0 Å². The Labute approximate surface area is 167 Å². The second kappa shape index (κ2) is 6.97. The minimum Gasteiger partial charge on any atom is -0.444 e. The lowest BCUT2D eigenvalue weighted by molar-refractivity contribution is 0.0184. The molecule has 2 fully saturated rings. The molecule has 0 bridgehead atoms. The Morgan fingerprint density at radius 1 is 1.33 bits per heavy atom. The van der Waals surface area contributed by atoms with Crippen molar-refractivity contribution in [1.29, 1.82) is 0 Å². The Kier molecular flexibility index (Phi) is 4.92. The molecular weight excluding hydrogens is 360 g/mol. The molecule has 1 N–H and O–H groups in total. The third kappa shape index (κ3) is 3.97. The van der Waals surface area contributed by atoms with E-state index in [-0.39, 0.29) is 6.09 Å². The zero-order valence-corrected chi connectivity index (χ0v) is 17.4. The highest BCUT2D eigenvalue weighted by atomic mass is 35.5. The molecule has 1 saturated heterocycles. The van der Waals surface area contributed by atoms with Crippen LogP contribution >= 0.6 is 11.6 Å². The zero-order chi connectivity index (χ0) is 19.2. The third-order valence-electron chi connectivity index (χ3n) is 6.44. The summed E-state index contributed by atoms with van der Waals surface area (Å²) < 4.78 is 5.49. The minimum atomic E-state index is -0.420. The molecule has 148 valence electrons. The number of nitrogens with one attached hydrogen (secondary N) is 1. The SMILES string of the molecule is CC(C)(C)OC(=O)N1CCC(CNC2CC23CCc2ccc(Cl)cc23)CC1. The van der Waals surface area contributed by atoms with Crippen molar-refractivity contribution in [2.24, 2.45) is 5.92 Å². The lowest BCUT2D eigenvalue weighted by atomic mass is 9.95. The van der Waals surface area contributed by atoms with Crippen LogP contribution in [0.25, 0.3) is 0 Å². The van der Waals surface area contributed by atoms with E-state index in [1.165, 1.54) is 30.4 Å². The second-order valence-electron chi connectivity index (χ2n) is 9.53. The van der Waals surface area contributed by atoms with Crippen molar-refractivity contribution >= 4 is 17.7 Å². The number of likely N-dealkylation sites (tertiary alicyclic amines) is 1. The number of piperidine rings is 1. The monoisotopic (exact) mass is 390 g/mol. The second-order valence-corrected chi connectivity index (χ2v) is 9.97. The summed E-state index contributed by atoms with van der Waals surface area (Å²) in [5, 5.41) is 4.68. The van der Waals surface area contributed by atoms with Gasteiger partial charge in [-0.3, -0.25) is 0 Å². The molecule has 1 aliphatic heterocycles. The van der Waals surface area contributed by atoms with E-state index in [4.69, 9.17) is 16.3 Å². The molecule has 5 heteroatoms. The zero-order valence-electron chi connectivity index (χ0n) is 16.7. The van der Waals surface area contributed by atoms with Crippen molar-refractivity contribution in [1.82, 2.24) is 10.2 Å². The molecule has 1 amide bonds. The van der Waals surface area contributed by atoms with E-state index < -0.39 is 5.60 Å². The fourth-order valence-electron chi connectivity index (χ4n) is 4.82. The fraction of sp³-hybridized carbons (Fsp3) is 0.682. The Morgan fingerprint density at radius 2 is 2.07 bits per heavy atom. The van der Waals surface area contributed by atoms with Crippen LogP contribution in [0.4, 0.5) is 4.79 Å². The largest absolute Gasteiger partial charge is 0.444 e. The number of amides is 1. The van der Waals surface area contributed by atoms with Gasteiger partial charge in [0.1, 0.15) is 5.60 Å². The van der Waals surface area contributed by atoms with Gasteiger partial charge in [-0.25, -0.2) is 4.79 Å². The van der Waals surface area contributed by atoms with Gasteiger partial charge >= 0.3 is 6.09 Å². The lowest BCUT2D eigenvalue weighted by Gasteiger charge is -2.33. The van der Waals surface area contributed by atoms with Gasteiger partial charge in [0.05, 0.1) is 0 Å². The molecule has 1 saturated carbocycles. The molecule has 4 rings (SSSR count). The van der Waals surface area contributed by atoms with Crippen LogP contribution in [0, 0.1) is 5.92 Å². The summed E-state index contributed by atoms with van der Waals surface area (Å²) in [6.07, 6.45) is 5.59. The molecule has 3 aliphatic rings. The molecule has 2 atom stereocenters. The number of hydrogen-bond donors (Lipinski definition) is 1. The van der Waals surface area contributed by atoms with Crippen LogP contribution in [0.5, 0.6) is 0 Å². The Balaban J connectivity index is 1.25. The van der Waals surface area contributed by atoms with Crippen molar-refractivity contribution in [2.75, 3.05) is 19.6 Å². The molecule has 4 nitrogen and oxygen atoms in total. The molecule has 2 aliphatic carbocycles. The average Bonchev–Trinajstić information content (AvgIpc) is 3.20. The molecule has 1 heterocycles. The fourth-order valence-corrected chi connectivity index (χ4v) is 5.00. The van der Waals surface area contributed by atoms with Gasteiger partial charge in [0, 0.05) is 29.6 Å². The van der Waals surface area contributed by atoms with E-state index in [0.717, 1.165) is 37.5 Å². The number of benzene rings is 1. The maximum absolute atomic E-state index is 12.2. The van der Waals surface area contributed by atoms with Crippen LogP contribution in [0.15, 0.2) is 18.2 Å². The number of hydrogen-bond acceptors (Lipinski definition) is 3. The molecule has 2 unspecified atom stereocenters. The molecular formula is C22H31ClN2O2. The summed E-state index contributed by atoms with van der Waals surface area (Å²) in [6.45, 7) is 8.40. The van der Waals surface area contributed by atoms with Gasteiger partial charge in [0.2, 0.25) is 0 Å². The van der Waals surface area contributed by atoms with Gasteiger partial charge in [0.15, 0.2) is 0 Å². The van der Waals surface area contributed by atoms with Crippen molar-refractivity contribution < 1.29 is 9.53 Å². The van der Waals surface area contributed by atoms with E-state index in [0.29, 0.717) is 17.4 Å². The van der Waals surface area contributed by atoms with E-state index in [2.05, 4.69) is 17.4 Å². The van der Waals surface area contributed by atoms with E-state index in [9.17, 15) is 4.79 Å². The maximum atomic E-state index is 12.2. The van der Waals surface area contributed by atoms with E-state index in [1.807, 2.05) is 31.7 Å². The van der Waals surface area contributed by atoms with Crippen LogP contribution in [0.1, 0.15) is 57.6 Å². The number of ether oxygens (including phenoxy) is 1. The number of carbonyl (C=O) groups is 1. The summed E-state index contributed by atoms with van der Waals surface area (Å²) in [4.78, 5) is 14.0. The van der Waals surface area contributed by atoms with Gasteiger partial charge in [-0.2, -0.15) is 0 Å². The van der Waals surface area contributed by atoms with Gasteiger partial charge < -0.3 is 15.0 Å². The summed E-state index contributed by atoms with van der Waals surface area (Å²) in [7, 11) is 0.